The van der Waals surface area contributed by atoms with Gasteiger partial charge in [0.05, 0.1) is 5.69 Å². The molecule has 1 rings (SSSR count). The summed E-state index contributed by atoms with van der Waals surface area (Å²) in [6, 6.07) is 4.06. The molecule has 0 aromatic heterocycles. The van der Waals surface area contributed by atoms with E-state index in [0.717, 1.165) is 6.07 Å². The predicted molar refractivity (Wildman–Crippen MR) is 53.1 cm³/mol. The third-order valence-electron chi connectivity index (χ3n) is 1.99. The van der Waals surface area contributed by atoms with E-state index >= 15 is 0 Å². The van der Waals surface area contributed by atoms with Gasteiger partial charge in [0, 0.05) is 6.54 Å². The van der Waals surface area contributed by atoms with Crippen LogP contribution in [-0.4, -0.2) is 13.1 Å². The van der Waals surface area contributed by atoms with Crippen LogP contribution >= 0.6 is 0 Å². The Morgan fingerprint density at radius 3 is 2.79 bits per heavy atom. The van der Waals surface area contributed by atoms with E-state index in [0.29, 0.717) is 13.1 Å². The summed E-state index contributed by atoms with van der Waals surface area (Å²) in [5.41, 5.74) is 5.58. The summed E-state index contributed by atoms with van der Waals surface area (Å²) in [5, 5.41) is 2.81. The molecule has 1 unspecified atom stereocenters. The molecule has 0 aliphatic rings. The Labute approximate surface area is 82.1 Å². The molecule has 0 aliphatic carbocycles. The van der Waals surface area contributed by atoms with Crippen molar-refractivity contribution in [2.24, 2.45) is 11.7 Å². The number of hydrogen-bond acceptors (Lipinski definition) is 2. The molecule has 0 saturated heterocycles. The summed E-state index contributed by atoms with van der Waals surface area (Å²) in [6.07, 6.45) is 0. The molecule has 4 heteroatoms. The van der Waals surface area contributed by atoms with Gasteiger partial charge in [-0.3, -0.25) is 0 Å². The highest BCUT2D eigenvalue weighted by atomic mass is 19.2. The molecule has 78 valence electrons. The van der Waals surface area contributed by atoms with E-state index in [1.807, 2.05) is 6.92 Å². The maximum atomic E-state index is 13.1. The summed E-state index contributed by atoms with van der Waals surface area (Å²) in [5.74, 6) is -1.44. The van der Waals surface area contributed by atoms with Crippen LogP contribution in [0.4, 0.5) is 14.5 Å². The van der Waals surface area contributed by atoms with Crippen molar-refractivity contribution in [2.45, 2.75) is 6.92 Å². The molecule has 2 nitrogen and oxygen atoms in total. The zero-order valence-corrected chi connectivity index (χ0v) is 8.06. The standard InChI is InChI=1S/C10H14F2N2/c1-7(5-13)6-14-9-4-2-3-8(11)10(9)12/h2-4,7,14H,5-6,13H2,1H3. The van der Waals surface area contributed by atoms with Crippen molar-refractivity contribution >= 4 is 5.69 Å². The molecule has 3 N–H and O–H groups in total. The number of nitrogens with two attached hydrogens (primary N) is 1. The molecule has 1 atom stereocenters. The first kappa shape index (κ1) is 10.9. The average molecular weight is 200 g/mol. The fraction of sp³-hybridized carbons (Fsp3) is 0.400. The minimum atomic E-state index is -0.838. The molecule has 0 spiro atoms. The van der Waals surface area contributed by atoms with Crippen molar-refractivity contribution in [3.8, 4) is 0 Å². The number of halogens is 2. The van der Waals surface area contributed by atoms with Crippen LogP contribution in [-0.2, 0) is 0 Å². The quantitative estimate of drug-likeness (QED) is 0.779. The number of benzene rings is 1. The second-order valence-corrected chi connectivity index (χ2v) is 3.32. The molecule has 0 bridgehead atoms. The molecular weight excluding hydrogens is 186 g/mol. The van der Waals surface area contributed by atoms with Crippen LogP contribution in [0.5, 0.6) is 0 Å². The van der Waals surface area contributed by atoms with E-state index in [4.69, 9.17) is 5.73 Å². The average Bonchev–Trinajstić information content (AvgIpc) is 2.20. The summed E-state index contributed by atoms with van der Waals surface area (Å²) in [6.45, 7) is 2.99. The first-order valence-electron chi connectivity index (χ1n) is 4.53. The van der Waals surface area contributed by atoms with Crippen molar-refractivity contribution in [2.75, 3.05) is 18.4 Å². The first-order valence-corrected chi connectivity index (χ1v) is 4.53. The Hall–Kier alpha value is -1.16. The first-order chi connectivity index (χ1) is 6.65. The van der Waals surface area contributed by atoms with Crippen molar-refractivity contribution in [3.63, 3.8) is 0 Å². The molecule has 0 fully saturated rings. The Morgan fingerprint density at radius 1 is 1.43 bits per heavy atom. The van der Waals surface area contributed by atoms with Gasteiger partial charge in [0.2, 0.25) is 0 Å². The molecule has 14 heavy (non-hydrogen) atoms. The van der Waals surface area contributed by atoms with E-state index in [2.05, 4.69) is 5.32 Å². The third-order valence-corrected chi connectivity index (χ3v) is 1.99. The Kier molecular flexibility index (Phi) is 3.83. The van der Waals surface area contributed by atoms with E-state index in [1.54, 1.807) is 0 Å². The van der Waals surface area contributed by atoms with Gasteiger partial charge in [0.25, 0.3) is 0 Å². The minimum Gasteiger partial charge on any atom is -0.382 e. The van der Waals surface area contributed by atoms with E-state index < -0.39 is 11.6 Å². The fourth-order valence-corrected chi connectivity index (χ4v) is 1.01. The second kappa shape index (κ2) is 4.91. The zero-order chi connectivity index (χ0) is 10.6. The van der Waals surface area contributed by atoms with Gasteiger partial charge in [-0.1, -0.05) is 13.0 Å². The van der Waals surface area contributed by atoms with Crippen LogP contribution in [0.2, 0.25) is 0 Å². The molecule has 0 saturated carbocycles. The van der Waals surface area contributed by atoms with E-state index in [9.17, 15) is 8.78 Å². The van der Waals surface area contributed by atoms with Crippen LogP contribution < -0.4 is 11.1 Å². The lowest BCUT2D eigenvalue weighted by Gasteiger charge is -2.11. The lowest BCUT2D eigenvalue weighted by atomic mass is 10.2. The minimum absolute atomic E-state index is 0.185. The number of hydrogen-bond donors (Lipinski definition) is 2. The van der Waals surface area contributed by atoms with Crippen LogP contribution in [0.25, 0.3) is 0 Å². The van der Waals surface area contributed by atoms with Crippen LogP contribution in [0.1, 0.15) is 6.92 Å². The normalized spacial score (nSPS) is 12.6. The Balaban J connectivity index is 2.63. The van der Waals surface area contributed by atoms with Gasteiger partial charge in [0.1, 0.15) is 0 Å². The summed E-state index contributed by atoms with van der Waals surface area (Å²) in [7, 11) is 0. The predicted octanol–water partition coefficient (Wildman–Crippen LogP) is 1.97. The number of anilines is 1. The maximum Gasteiger partial charge on any atom is 0.181 e. The summed E-state index contributed by atoms with van der Waals surface area (Å²) >= 11 is 0. The second-order valence-electron chi connectivity index (χ2n) is 3.32. The van der Waals surface area contributed by atoms with Crippen LogP contribution in [0.15, 0.2) is 18.2 Å². The van der Waals surface area contributed by atoms with Crippen molar-refractivity contribution < 1.29 is 8.78 Å². The van der Waals surface area contributed by atoms with Crippen molar-refractivity contribution in [3.05, 3.63) is 29.8 Å². The molecule has 1 aromatic carbocycles. The SMILES string of the molecule is CC(CN)CNc1cccc(F)c1F. The van der Waals surface area contributed by atoms with Gasteiger partial charge < -0.3 is 11.1 Å². The number of rotatable bonds is 4. The third kappa shape index (κ3) is 2.67. The highest BCUT2D eigenvalue weighted by Gasteiger charge is 2.07. The van der Waals surface area contributed by atoms with Gasteiger partial charge in [0.15, 0.2) is 11.6 Å². The van der Waals surface area contributed by atoms with Crippen LogP contribution in [0.3, 0.4) is 0 Å². The van der Waals surface area contributed by atoms with Crippen molar-refractivity contribution in [1.82, 2.24) is 0 Å². The topological polar surface area (TPSA) is 38.0 Å². The molecule has 0 amide bonds. The number of nitrogens with one attached hydrogen (secondary N) is 1. The molecule has 0 aliphatic heterocycles. The Morgan fingerprint density at radius 2 is 2.14 bits per heavy atom. The highest BCUT2D eigenvalue weighted by molar-refractivity contribution is 5.44. The largest absolute Gasteiger partial charge is 0.382 e. The smallest absolute Gasteiger partial charge is 0.181 e. The zero-order valence-electron chi connectivity index (χ0n) is 8.06. The molecule has 0 radical (unpaired) electrons. The van der Waals surface area contributed by atoms with E-state index in [1.165, 1.54) is 12.1 Å². The van der Waals surface area contributed by atoms with E-state index in [-0.39, 0.29) is 11.6 Å². The molecular formula is C10H14F2N2. The monoisotopic (exact) mass is 200 g/mol. The summed E-state index contributed by atoms with van der Waals surface area (Å²) in [4.78, 5) is 0. The van der Waals surface area contributed by atoms with Gasteiger partial charge in [-0.05, 0) is 24.6 Å². The maximum absolute atomic E-state index is 13.1. The summed E-state index contributed by atoms with van der Waals surface area (Å²) < 4.78 is 25.8. The van der Waals surface area contributed by atoms with Gasteiger partial charge in [-0.25, -0.2) is 8.78 Å². The molecule has 1 aromatic rings. The van der Waals surface area contributed by atoms with Gasteiger partial charge in [-0.15, -0.1) is 0 Å². The van der Waals surface area contributed by atoms with Crippen molar-refractivity contribution in [1.29, 1.82) is 0 Å². The lowest BCUT2D eigenvalue weighted by Crippen LogP contribution is -2.20. The highest BCUT2D eigenvalue weighted by Crippen LogP contribution is 2.16. The molecule has 0 heterocycles. The van der Waals surface area contributed by atoms with Crippen LogP contribution in [0, 0.1) is 17.6 Å². The fourth-order valence-electron chi connectivity index (χ4n) is 1.01. The van der Waals surface area contributed by atoms with Gasteiger partial charge in [-0.2, -0.15) is 0 Å². The lowest BCUT2D eigenvalue weighted by molar-refractivity contribution is 0.509. The Bertz CT molecular complexity index is 302. The van der Waals surface area contributed by atoms with Gasteiger partial charge >= 0.3 is 0 Å².